The van der Waals surface area contributed by atoms with Gasteiger partial charge in [-0.3, -0.25) is 4.68 Å². The van der Waals surface area contributed by atoms with Crippen molar-refractivity contribution in [1.29, 1.82) is 0 Å². The number of hydrogen-bond acceptors (Lipinski definition) is 2. The molecule has 0 saturated heterocycles. The Balaban J connectivity index is 2.48. The molecule has 2 aromatic rings. The number of rotatable bonds is 3. The summed E-state index contributed by atoms with van der Waals surface area (Å²) >= 11 is 3.59. The SMILES string of the molecule is CNCc1nn(C)c(-c2cc[nH]c2)c1Br. The van der Waals surface area contributed by atoms with Gasteiger partial charge in [0.1, 0.15) is 0 Å². The summed E-state index contributed by atoms with van der Waals surface area (Å²) in [4.78, 5) is 3.05. The molecule has 15 heavy (non-hydrogen) atoms. The van der Waals surface area contributed by atoms with Crippen LogP contribution in [0.2, 0.25) is 0 Å². The van der Waals surface area contributed by atoms with E-state index in [1.165, 1.54) is 0 Å². The van der Waals surface area contributed by atoms with E-state index in [4.69, 9.17) is 0 Å². The van der Waals surface area contributed by atoms with Crippen LogP contribution in [0.1, 0.15) is 5.69 Å². The Kier molecular flexibility index (Phi) is 2.93. The third-order valence-electron chi connectivity index (χ3n) is 2.27. The number of nitrogens with zero attached hydrogens (tertiary/aromatic N) is 2. The zero-order valence-corrected chi connectivity index (χ0v) is 10.3. The number of aromatic nitrogens is 3. The molecule has 0 aliphatic rings. The first kappa shape index (κ1) is 10.4. The fourth-order valence-electron chi connectivity index (χ4n) is 1.62. The van der Waals surface area contributed by atoms with Crippen LogP contribution < -0.4 is 5.32 Å². The summed E-state index contributed by atoms with van der Waals surface area (Å²) in [6, 6.07) is 2.03. The maximum absolute atomic E-state index is 4.45. The second-order valence-corrected chi connectivity index (χ2v) is 4.16. The lowest BCUT2D eigenvalue weighted by Gasteiger charge is -1.98. The molecule has 2 heterocycles. The van der Waals surface area contributed by atoms with Crippen LogP contribution in [0.25, 0.3) is 11.3 Å². The van der Waals surface area contributed by atoms with Gasteiger partial charge in [-0.25, -0.2) is 0 Å². The molecule has 2 aromatic heterocycles. The molecule has 5 heteroatoms. The smallest absolute Gasteiger partial charge is 0.0910 e. The molecule has 0 saturated carbocycles. The van der Waals surface area contributed by atoms with E-state index in [-0.39, 0.29) is 0 Å². The van der Waals surface area contributed by atoms with Crippen LogP contribution in [0.15, 0.2) is 22.9 Å². The highest BCUT2D eigenvalue weighted by Crippen LogP contribution is 2.30. The van der Waals surface area contributed by atoms with Crippen molar-refractivity contribution in [2.75, 3.05) is 7.05 Å². The molecular formula is C10H13BrN4. The molecule has 0 spiro atoms. The first-order chi connectivity index (χ1) is 7.24. The van der Waals surface area contributed by atoms with Crippen molar-refractivity contribution in [3.8, 4) is 11.3 Å². The van der Waals surface area contributed by atoms with Gasteiger partial charge < -0.3 is 10.3 Å². The van der Waals surface area contributed by atoms with E-state index in [2.05, 4.69) is 31.3 Å². The number of hydrogen-bond donors (Lipinski definition) is 2. The topological polar surface area (TPSA) is 45.6 Å². The molecule has 0 aliphatic heterocycles. The molecule has 0 aromatic carbocycles. The standard InChI is InChI=1S/C10H13BrN4/c1-12-6-8-9(11)10(15(2)14-8)7-3-4-13-5-7/h3-5,12-13H,6H2,1-2H3. The van der Waals surface area contributed by atoms with Crippen molar-refractivity contribution in [1.82, 2.24) is 20.1 Å². The fourth-order valence-corrected chi connectivity index (χ4v) is 2.32. The summed E-state index contributed by atoms with van der Waals surface area (Å²) in [6.45, 7) is 0.763. The van der Waals surface area contributed by atoms with Gasteiger partial charge in [-0.1, -0.05) is 0 Å². The highest BCUT2D eigenvalue weighted by molar-refractivity contribution is 9.10. The Labute approximate surface area is 96.8 Å². The van der Waals surface area contributed by atoms with E-state index in [1.807, 2.05) is 37.2 Å². The van der Waals surface area contributed by atoms with Gasteiger partial charge in [-0.2, -0.15) is 5.10 Å². The first-order valence-electron chi connectivity index (χ1n) is 4.73. The summed E-state index contributed by atoms with van der Waals surface area (Å²) in [5.41, 5.74) is 3.26. The van der Waals surface area contributed by atoms with Crippen LogP contribution in [0, 0.1) is 0 Å². The summed E-state index contributed by atoms with van der Waals surface area (Å²) in [7, 11) is 3.86. The van der Waals surface area contributed by atoms with Crippen molar-refractivity contribution < 1.29 is 0 Å². The molecule has 2 rings (SSSR count). The number of aryl methyl sites for hydroxylation is 1. The maximum Gasteiger partial charge on any atom is 0.0910 e. The lowest BCUT2D eigenvalue weighted by molar-refractivity contribution is 0.715. The predicted octanol–water partition coefficient (Wildman–Crippen LogP) is 1.90. The van der Waals surface area contributed by atoms with Gasteiger partial charge in [0.05, 0.1) is 15.9 Å². The minimum Gasteiger partial charge on any atom is -0.367 e. The van der Waals surface area contributed by atoms with Gasteiger partial charge in [0.2, 0.25) is 0 Å². The van der Waals surface area contributed by atoms with Gasteiger partial charge in [0, 0.05) is 31.5 Å². The molecule has 0 radical (unpaired) electrons. The second-order valence-electron chi connectivity index (χ2n) is 3.36. The molecule has 0 unspecified atom stereocenters. The molecule has 0 bridgehead atoms. The molecule has 2 N–H and O–H groups in total. The molecule has 0 amide bonds. The Morgan fingerprint density at radius 2 is 2.40 bits per heavy atom. The lowest BCUT2D eigenvalue weighted by atomic mass is 10.2. The van der Waals surface area contributed by atoms with Crippen molar-refractivity contribution in [3.63, 3.8) is 0 Å². The van der Waals surface area contributed by atoms with E-state index in [0.717, 1.165) is 28.0 Å². The van der Waals surface area contributed by atoms with Crippen molar-refractivity contribution in [3.05, 3.63) is 28.6 Å². The minimum absolute atomic E-state index is 0.763. The van der Waals surface area contributed by atoms with E-state index in [9.17, 15) is 0 Å². The molecule has 0 atom stereocenters. The number of H-pyrrole nitrogens is 1. The predicted molar refractivity (Wildman–Crippen MR) is 63.5 cm³/mol. The molecule has 4 nitrogen and oxygen atoms in total. The average Bonchev–Trinajstić information content (AvgIpc) is 2.77. The second kappa shape index (κ2) is 4.20. The fraction of sp³-hybridized carbons (Fsp3) is 0.300. The number of nitrogens with one attached hydrogen (secondary N) is 2. The Bertz CT molecular complexity index is 444. The minimum atomic E-state index is 0.763. The van der Waals surface area contributed by atoms with Crippen LogP contribution in [0.3, 0.4) is 0 Å². The quantitative estimate of drug-likeness (QED) is 0.893. The molecule has 0 fully saturated rings. The summed E-state index contributed by atoms with van der Waals surface area (Å²) in [6.07, 6.45) is 3.87. The number of aromatic amines is 1. The van der Waals surface area contributed by atoms with Crippen LogP contribution in [-0.4, -0.2) is 21.8 Å². The molecular weight excluding hydrogens is 256 g/mol. The maximum atomic E-state index is 4.45. The first-order valence-corrected chi connectivity index (χ1v) is 5.52. The van der Waals surface area contributed by atoms with Gasteiger partial charge in [-0.15, -0.1) is 0 Å². The van der Waals surface area contributed by atoms with Crippen LogP contribution >= 0.6 is 15.9 Å². The number of halogens is 1. The van der Waals surface area contributed by atoms with E-state index in [1.54, 1.807) is 0 Å². The Hall–Kier alpha value is -1.07. The summed E-state index contributed by atoms with van der Waals surface area (Å²) in [5, 5.41) is 7.55. The van der Waals surface area contributed by atoms with Crippen LogP contribution in [-0.2, 0) is 13.6 Å². The van der Waals surface area contributed by atoms with E-state index < -0.39 is 0 Å². The van der Waals surface area contributed by atoms with Gasteiger partial charge in [0.25, 0.3) is 0 Å². The largest absolute Gasteiger partial charge is 0.367 e. The monoisotopic (exact) mass is 268 g/mol. The van der Waals surface area contributed by atoms with Crippen LogP contribution in [0.4, 0.5) is 0 Å². The summed E-state index contributed by atoms with van der Waals surface area (Å²) < 4.78 is 2.94. The molecule has 0 aliphatic carbocycles. The highest BCUT2D eigenvalue weighted by atomic mass is 79.9. The Morgan fingerprint density at radius 1 is 1.60 bits per heavy atom. The Morgan fingerprint density at radius 3 is 3.00 bits per heavy atom. The molecule has 80 valence electrons. The third kappa shape index (κ3) is 1.85. The van der Waals surface area contributed by atoms with Crippen molar-refractivity contribution in [2.24, 2.45) is 7.05 Å². The lowest BCUT2D eigenvalue weighted by Crippen LogP contribution is -2.06. The third-order valence-corrected chi connectivity index (χ3v) is 3.10. The zero-order valence-electron chi connectivity index (χ0n) is 8.71. The van der Waals surface area contributed by atoms with E-state index >= 15 is 0 Å². The zero-order chi connectivity index (χ0) is 10.8. The van der Waals surface area contributed by atoms with Crippen molar-refractivity contribution >= 4 is 15.9 Å². The van der Waals surface area contributed by atoms with Gasteiger partial charge in [0.15, 0.2) is 0 Å². The highest BCUT2D eigenvalue weighted by Gasteiger charge is 2.14. The summed E-state index contributed by atoms with van der Waals surface area (Å²) in [5.74, 6) is 0. The van der Waals surface area contributed by atoms with Crippen molar-refractivity contribution in [2.45, 2.75) is 6.54 Å². The van der Waals surface area contributed by atoms with E-state index in [0.29, 0.717) is 0 Å². The normalized spacial score (nSPS) is 10.9. The van der Waals surface area contributed by atoms with Gasteiger partial charge in [-0.05, 0) is 29.0 Å². The average molecular weight is 269 g/mol. The van der Waals surface area contributed by atoms with Crippen LogP contribution in [0.5, 0.6) is 0 Å². The van der Waals surface area contributed by atoms with Gasteiger partial charge >= 0.3 is 0 Å².